The lowest BCUT2D eigenvalue weighted by atomic mass is 10.3. The summed E-state index contributed by atoms with van der Waals surface area (Å²) in [7, 11) is 0. The van der Waals surface area contributed by atoms with Crippen LogP contribution in [0.1, 0.15) is 20.8 Å². The third-order valence-corrected chi connectivity index (χ3v) is 1.52. The predicted octanol–water partition coefficient (Wildman–Crippen LogP) is 2.02. The summed E-state index contributed by atoms with van der Waals surface area (Å²) in [6, 6.07) is 0. The van der Waals surface area contributed by atoms with Crippen LogP contribution in [0, 0.1) is 0 Å². The van der Waals surface area contributed by atoms with E-state index in [1.807, 2.05) is 0 Å². The van der Waals surface area contributed by atoms with Gasteiger partial charge in [-0.05, 0) is 6.92 Å². The molecular weight excluding hydrogens is 196 g/mol. The molecule has 0 amide bonds. The van der Waals surface area contributed by atoms with Crippen molar-refractivity contribution in [1.82, 2.24) is 0 Å². The van der Waals surface area contributed by atoms with Gasteiger partial charge in [0.05, 0.1) is 12.9 Å². The number of rotatable bonds is 7. The molecule has 4 nitrogen and oxygen atoms in total. The van der Waals surface area contributed by atoms with Gasteiger partial charge in [0.15, 0.2) is 0 Å². The normalized spacial score (nSPS) is 12.7. The van der Waals surface area contributed by atoms with Crippen molar-refractivity contribution in [3.8, 4) is 0 Å². The van der Waals surface area contributed by atoms with E-state index < -0.39 is 11.8 Å². The summed E-state index contributed by atoms with van der Waals surface area (Å²) in [5.74, 6) is -1.23. The topological polar surface area (TPSA) is 44.8 Å². The van der Waals surface area contributed by atoms with Crippen LogP contribution in [0.4, 0.5) is 0 Å². The highest BCUT2D eigenvalue weighted by Gasteiger charge is 2.20. The van der Waals surface area contributed by atoms with Crippen LogP contribution in [0.25, 0.3) is 0 Å². The third kappa shape index (κ3) is 6.74. The van der Waals surface area contributed by atoms with Crippen molar-refractivity contribution in [3.05, 3.63) is 25.5 Å². The molecule has 0 bridgehead atoms. The standard InChI is InChI=1S/C11H18O4/c1-6-10(12)15-9(3)8-14-11(4,5)13-7-2/h6-7,9H,1-2,8H2,3-5H3. The summed E-state index contributed by atoms with van der Waals surface area (Å²) >= 11 is 0. The Balaban J connectivity index is 3.88. The average molecular weight is 214 g/mol. The van der Waals surface area contributed by atoms with E-state index in [1.165, 1.54) is 6.26 Å². The zero-order chi connectivity index (χ0) is 11.9. The summed E-state index contributed by atoms with van der Waals surface area (Å²) in [5, 5.41) is 0. The molecule has 0 saturated carbocycles. The van der Waals surface area contributed by atoms with Crippen molar-refractivity contribution >= 4 is 5.97 Å². The van der Waals surface area contributed by atoms with E-state index in [-0.39, 0.29) is 12.7 Å². The molecule has 0 saturated heterocycles. The Morgan fingerprint density at radius 3 is 2.53 bits per heavy atom. The van der Waals surface area contributed by atoms with Gasteiger partial charge in [0.2, 0.25) is 5.79 Å². The van der Waals surface area contributed by atoms with Crippen LogP contribution in [0.3, 0.4) is 0 Å². The number of esters is 1. The Hall–Kier alpha value is -1.29. The molecule has 1 unspecified atom stereocenters. The van der Waals surface area contributed by atoms with Gasteiger partial charge in [-0.25, -0.2) is 4.79 Å². The van der Waals surface area contributed by atoms with Crippen LogP contribution < -0.4 is 0 Å². The van der Waals surface area contributed by atoms with Crippen LogP contribution in [0.15, 0.2) is 25.5 Å². The molecule has 0 fully saturated rings. The molecule has 0 aromatic carbocycles. The highest BCUT2D eigenvalue weighted by atomic mass is 16.7. The molecule has 86 valence electrons. The fourth-order valence-corrected chi connectivity index (χ4v) is 0.833. The van der Waals surface area contributed by atoms with E-state index in [1.54, 1.807) is 20.8 Å². The number of hydrogen-bond donors (Lipinski definition) is 0. The van der Waals surface area contributed by atoms with Crippen LogP contribution in [-0.2, 0) is 19.0 Å². The second kappa shape index (κ2) is 6.24. The average Bonchev–Trinajstić information content (AvgIpc) is 2.15. The zero-order valence-corrected chi connectivity index (χ0v) is 9.49. The number of carbonyl (C=O) groups excluding carboxylic acids is 1. The quantitative estimate of drug-likeness (QED) is 0.281. The lowest BCUT2D eigenvalue weighted by Crippen LogP contribution is -2.31. The Labute approximate surface area is 90.5 Å². The third-order valence-electron chi connectivity index (χ3n) is 1.52. The first-order valence-corrected chi connectivity index (χ1v) is 4.67. The van der Waals surface area contributed by atoms with Crippen molar-refractivity contribution in [2.24, 2.45) is 0 Å². The molecule has 0 rings (SSSR count). The zero-order valence-electron chi connectivity index (χ0n) is 9.49. The fraction of sp³-hybridized carbons (Fsp3) is 0.545. The second-order valence-corrected chi connectivity index (χ2v) is 3.45. The van der Waals surface area contributed by atoms with E-state index in [0.29, 0.717) is 0 Å². The number of hydrogen-bond acceptors (Lipinski definition) is 4. The first-order valence-electron chi connectivity index (χ1n) is 4.67. The van der Waals surface area contributed by atoms with Crippen molar-refractivity contribution < 1.29 is 19.0 Å². The minimum atomic E-state index is -0.767. The summed E-state index contributed by atoms with van der Waals surface area (Å²) < 4.78 is 15.4. The fourth-order valence-electron chi connectivity index (χ4n) is 0.833. The highest BCUT2D eigenvalue weighted by molar-refractivity contribution is 5.81. The van der Waals surface area contributed by atoms with Gasteiger partial charge in [-0.3, -0.25) is 0 Å². The van der Waals surface area contributed by atoms with Gasteiger partial charge >= 0.3 is 5.97 Å². The maximum absolute atomic E-state index is 10.8. The first-order chi connectivity index (χ1) is 6.91. The molecule has 0 aromatic heterocycles. The Kier molecular flexibility index (Phi) is 5.70. The second-order valence-electron chi connectivity index (χ2n) is 3.45. The van der Waals surface area contributed by atoms with Gasteiger partial charge in [0, 0.05) is 19.9 Å². The minimum absolute atomic E-state index is 0.250. The molecule has 15 heavy (non-hydrogen) atoms. The largest absolute Gasteiger partial charge is 0.471 e. The van der Waals surface area contributed by atoms with Crippen molar-refractivity contribution in [3.63, 3.8) is 0 Å². The molecule has 0 spiro atoms. The number of carbonyl (C=O) groups is 1. The number of ether oxygens (including phenoxy) is 3. The monoisotopic (exact) mass is 214 g/mol. The Morgan fingerprint density at radius 1 is 1.47 bits per heavy atom. The molecule has 0 radical (unpaired) electrons. The van der Waals surface area contributed by atoms with E-state index in [9.17, 15) is 4.79 Å². The van der Waals surface area contributed by atoms with Gasteiger partial charge in [-0.1, -0.05) is 13.2 Å². The van der Waals surface area contributed by atoms with Crippen LogP contribution in [0.2, 0.25) is 0 Å². The molecule has 0 aliphatic carbocycles. The summed E-state index contributed by atoms with van der Waals surface area (Å²) in [4.78, 5) is 10.8. The van der Waals surface area contributed by atoms with Gasteiger partial charge in [0.25, 0.3) is 0 Å². The summed E-state index contributed by atoms with van der Waals surface area (Å²) in [6.45, 7) is 12.2. The van der Waals surface area contributed by atoms with E-state index >= 15 is 0 Å². The predicted molar refractivity (Wildman–Crippen MR) is 57.1 cm³/mol. The SMILES string of the molecule is C=COC(C)(C)OCC(C)OC(=O)C=C. The summed E-state index contributed by atoms with van der Waals surface area (Å²) in [6.07, 6.45) is 2.07. The molecule has 0 aliphatic heterocycles. The van der Waals surface area contributed by atoms with Gasteiger partial charge in [0.1, 0.15) is 6.10 Å². The lowest BCUT2D eigenvalue weighted by molar-refractivity contribution is -0.198. The molecule has 0 aliphatic rings. The lowest BCUT2D eigenvalue weighted by Gasteiger charge is -2.25. The Bertz CT molecular complexity index is 233. The molecule has 1 atom stereocenters. The molecule has 0 aromatic rings. The van der Waals surface area contributed by atoms with E-state index in [0.717, 1.165) is 6.08 Å². The first kappa shape index (κ1) is 13.7. The van der Waals surface area contributed by atoms with Crippen LogP contribution in [-0.4, -0.2) is 24.5 Å². The minimum Gasteiger partial charge on any atom is -0.471 e. The maximum Gasteiger partial charge on any atom is 0.330 e. The molecule has 0 heterocycles. The van der Waals surface area contributed by atoms with Gasteiger partial charge in [-0.2, -0.15) is 0 Å². The van der Waals surface area contributed by atoms with Crippen molar-refractivity contribution in [1.29, 1.82) is 0 Å². The molecular formula is C11H18O4. The van der Waals surface area contributed by atoms with Crippen LogP contribution in [0.5, 0.6) is 0 Å². The van der Waals surface area contributed by atoms with E-state index in [2.05, 4.69) is 13.2 Å². The van der Waals surface area contributed by atoms with Crippen LogP contribution >= 0.6 is 0 Å². The maximum atomic E-state index is 10.8. The van der Waals surface area contributed by atoms with E-state index in [4.69, 9.17) is 14.2 Å². The molecule has 0 N–H and O–H groups in total. The van der Waals surface area contributed by atoms with Crippen molar-refractivity contribution in [2.45, 2.75) is 32.7 Å². The highest BCUT2D eigenvalue weighted by Crippen LogP contribution is 2.12. The van der Waals surface area contributed by atoms with Gasteiger partial charge in [-0.15, -0.1) is 0 Å². The summed E-state index contributed by atoms with van der Waals surface area (Å²) in [5.41, 5.74) is 0. The molecule has 4 heteroatoms. The van der Waals surface area contributed by atoms with Gasteiger partial charge < -0.3 is 14.2 Å². The smallest absolute Gasteiger partial charge is 0.330 e. The van der Waals surface area contributed by atoms with Crippen molar-refractivity contribution in [2.75, 3.05) is 6.61 Å². The Morgan fingerprint density at radius 2 is 2.07 bits per heavy atom.